The van der Waals surface area contributed by atoms with Gasteiger partial charge in [0.05, 0.1) is 25.9 Å². The molecule has 0 unspecified atom stereocenters. The summed E-state index contributed by atoms with van der Waals surface area (Å²) < 4.78 is 16.8. The maximum atomic E-state index is 11.7. The van der Waals surface area contributed by atoms with Crippen molar-refractivity contribution < 1.29 is 19.0 Å². The van der Waals surface area contributed by atoms with Gasteiger partial charge in [-0.3, -0.25) is 4.79 Å². The van der Waals surface area contributed by atoms with Crippen LogP contribution in [0.2, 0.25) is 0 Å². The van der Waals surface area contributed by atoms with Gasteiger partial charge in [0.15, 0.2) is 0 Å². The minimum absolute atomic E-state index is 0.0851. The number of unbranched alkanes of at least 4 members (excludes halogenated alkanes) is 6. The van der Waals surface area contributed by atoms with Crippen LogP contribution in [0.15, 0.2) is 0 Å². The van der Waals surface area contributed by atoms with E-state index in [1.54, 1.807) is 0 Å². The van der Waals surface area contributed by atoms with Crippen LogP contribution in [0.5, 0.6) is 0 Å². The molecule has 0 amide bonds. The van der Waals surface area contributed by atoms with Crippen LogP contribution >= 0.6 is 0 Å². The number of ether oxygens (including phenoxy) is 3. The largest absolute Gasteiger partial charge is 0.463 e. The molecule has 30 heavy (non-hydrogen) atoms. The molecule has 0 saturated heterocycles. The van der Waals surface area contributed by atoms with Crippen molar-refractivity contribution in [1.82, 2.24) is 0 Å². The molecule has 0 aromatic heterocycles. The topological polar surface area (TPSA) is 44.8 Å². The lowest BCUT2D eigenvalue weighted by Gasteiger charge is -2.35. The predicted molar refractivity (Wildman–Crippen MR) is 123 cm³/mol. The van der Waals surface area contributed by atoms with Gasteiger partial charge in [-0.05, 0) is 43.9 Å². The molecule has 0 N–H and O–H groups in total. The van der Waals surface area contributed by atoms with E-state index in [1.165, 1.54) is 89.9 Å². The molecule has 0 aromatic rings. The Morgan fingerprint density at radius 1 is 0.700 bits per heavy atom. The molecular formula is C26H48O4. The van der Waals surface area contributed by atoms with Crippen LogP contribution in [-0.2, 0) is 19.0 Å². The number of hydrogen-bond donors (Lipinski definition) is 0. The molecule has 2 aliphatic carbocycles. The first-order valence-electron chi connectivity index (χ1n) is 13.1. The Morgan fingerprint density at radius 3 is 2.07 bits per heavy atom. The third-order valence-electron chi connectivity index (χ3n) is 7.09. The molecule has 2 aliphatic rings. The molecule has 0 atom stereocenters. The smallest absolute Gasteiger partial charge is 0.305 e. The van der Waals surface area contributed by atoms with E-state index in [0.29, 0.717) is 39.0 Å². The van der Waals surface area contributed by atoms with Gasteiger partial charge >= 0.3 is 5.97 Å². The molecule has 176 valence electrons. The molecule has 0 heterocycles. The van der Waals surface area contributed by atoms with Crippen LogP contribution in [-0.4, -0.2) is 38.5 Å². The second-order valence-electron chi connectivity index (χ2n) is 9.51. The highest BCUT2D eigenvalue weighted by Crippen LogP contribution is 2.38. The van der Waals surface area contributed by atoms with E-state index in [9.17, 15) is 4.79 Å². The van der Waals surface area contributed by atoms with Gasteiger partial charge in [-0.25, -0.2) is 0 Å². The monoisotopic (exact) mass is 424 g/mol. The van der Waals surface area contributed by atoms with Crippen molar-refractivity contribution in [3.8, 4) is 0 Å². The van der Waals surface area contributed by atoms with Gasteiger partial charge in [-0.15, -0.1) is 0 Å². The minimum Gasteiger partial charge on any atom is -0.463 e. The Morgan fingerprint density at radius 2 is 1.33 bits per heavy atom. The van der Waals surface area contributed by atoms with E-state index in [-0.39, 0.29) is 5.97 Å². The highest BCUT2D eigenvalue weighted by atomic mass is 16.6. The predicted octanol–water partition coefficient (Wildman–Crippen LogP) is 6.84. The van der Waals surface area contributed by atoms with E-state index in [1.807, 2.05) is 0 Å². The average molecular weight is 425 g/mol. The highest BCUT2D eigenvalue weighted by Gasteiger charge is 2.28. The Balaban J connectivity index is 1.34. The van der Waals surface area contributed by atoms with Crippen molar-refractivity contribution in [1.29, 1.82) is 0 Å². The zero-order chi connectivity index (χ0) is 21.3. The molecule has 0 spiro atoms. The first kappa shape index (κ1) is 25.6. The van der Waals surface area contributed by atoms with Crippen molar-refractivity contribution in [3.63, 3.8) is 0 Å². The van der Waals surface area contributed by atoms with E-state index >= 15 is 0 Å². The summed E-state index contributed by atoms with van der Waals surface area (Å²) in [4.78, 5) is 11.7. The summed E-state index contributed by atoms with van der Waals surface area (Å²) >= 11 is 0. The van der Waals surface area contributed by atoms with Crippen LogP contribution in [0.3, 0.4) is 0 Å². The number of esters is 1. The second kappa shape index (κ2) is 17.0. The average Bonchev–Trinajstić information content (AvgIpc) is 2.79. The van der Waals surface area contributed by atoms with Gasteiger partial charge in [-0.1, -0.05) is 77.6 Å². The van der Waals surface area contributed by atoms with E-state index in [2.05, 4.69) is 6.92 Å². The van der Waals surface area contributed by atoms with Crippen LogP contribution < -0.4 is 0 Å². The van der Waals surface area contributed by atoms with Gasteiger partial charge in [0, 0.05) is 6.42 Å². The quantitative estimate of drug-likeness (QED) is 0.201. The minimum atomic E-state index is -0.0851. The fourth-order valence-corrected chi connectivity index (χ4v) is 5.22. The summed E-state index contributed by atoms with van der Waals surface area (Å²) in [6.07, 6.45) is 21.9. The van der Waals surface area contributed by atoms with E-state index in [0.717, 1.165) is 24.7 Å². The van der Waals surface area contributed by atoms with Gasteiger partial charge in [0.2, 0.25) is 0 Å². The zero-order valence-corrected chi connectivity index (χ0v) is 19.7. The van der Waals surface area contributed by atoms with Gasteiger partial charge in [-0.2, -0.15) is 0 Å². The Labute approximate surface area is 185 Å². The first-order valence-corrected chi connectivity index (χ1v) is 13.1. The molecule has 4 nitrogen and oxygen atoms in total. The lowest BCUT2D eigenvalue weighted by atomic mass is 9.73. The fraction of sp³-hybridized carbons (Fsp3) is 0.962. The van der Waals surface area contributed by atoms with Crippen molar-refractivity contribution in [2.75, 3.05) is 26.4 Å². The van der Waals surface area contributed by atoms with Crippen LogP contribution in [0, 0.1) is 11.8 Å². The van der Waals surface area contributed by atoms with Crippen molar-refractivity contribution >= 4 is 5.97 Å². The summed E-state index contributed by atoms with van der Waals surface area (Å²) in [5.41, 5.74) is 0. The van der Waals surface area contributed by atoms with E-state index < -0.39 is 0 Å². The molecule has 2 rings (SSSR count). The van der Waals surface area contributed by atoms with Crippen molar-refractivity contribution in [2.45, 2.75) is 122 Å². The summed E-state index contributed by atoms with van der Waals surface area (Å²) in [5.74, 6) is 1.87. The molecular weight excluding hydrogens is 376 g/mol. The van der Waals surface area contributed by atoms with Gasteiger partial charge < -0.3 is 14.2 Å². The van der Waals surface area contributed by atoms with Crippen LogP contribution in [0.25, 0.3) is 0 Å². The Hall–Kier alpha value is -0.610. The fourth-order valence-electron chi connectivity index (χ4n) is 5.22. The summed E-state index contributed by atoms with van der Waals surface area (Å²) in [7, 11) is 0. The van der Waals surface area contributed by atoms with E-state index in [4.69, 9.17) is 14.2 Å². The lowest BCUT2D eigenvalue weighted by Crippen LogP contribution is -2.28. The molecule has 0 radical (unpaired) electrons. The van der Waals surface area contributed by atoms with Crippen LogP contribution in [0.1, 0.15) is 116 Å². The molecule has 2 saturated carbocycles. The first-order chi connectivity index (χ1) is 14.8. The summed E-state index contributed by atoms with van der Waals surface area (Å²) in [6.45, 7) is 4.32. The third-order valence-corrected chi connectivity index (χ3v) is 7.09. The Kier molecular flexibility index (Phi) is 14.5. The molecule has 0 aromatic carbocycles. The van der Waals surface area contributed by atoms with Crippen molar-refractivity contribution in [3.05, 3.63) is 0 Å². The number of carbonyl (C=O) groups is 1. The normalized spacial score (nSPS) is 22.8. The summed E-state index contributed by atoms with van der Waals surface area (Å²) in [5, 5.41) is 0. The molecule has 0 aliphatic heterocycles. The van der Waals surface area contributed by atoms with Gasteiger partial charge in [0.25, 0.3) is 0 Å². The van der Waals surface area contributed by atoms with Crippen molar-refractivity contribution in [2.24, 2.45) is 11.8 Å². The second-order valence-corrected chi connectivity index (χ2v) is 9.51. The maximum absolute atomic E-state index is 11.7. The third kappa shape index (κ3) is 11.7. The SMILES string of the molecule is CCCCCCCCCC(=O)OCCOCCOC1CCC(C2CCCCC2)CC1. The number of hydrogen-bond acceptors (Lipinski definition) is 4. The zero-order valence-electron chi connectivity index (χ0n) is 19.7. The number of rotatable bonds is 16. The highest BCUT2D eigenvalue weighted by molar-refractivity contribution is 5.69. The lowest BCUT2D eigenvalue weighted by molar-refractivity contribution is -0.145. The van der Waals surface area contributed by atoms with Crippen LogP contribution in [0.4, 0.5) is 0 Å². The maximum Gasteiger partial charge on any atom is 0.305 e. The molecule has 4 heteroatoms. The standard InChI is InChI=1S/C26H48O4/c1-2-3-4-5-6-7-11-14-26(27)30-22-20-28-19-21-29-25-17-15-24(16-18-25)23-12-9-8-10-13-23/h23-25H,2-22H2,1H3. The van der Waals surface area contributed by atoms with Gasteiger partial charge in [0.1, 0.15) is 6.61 Å². The number of carbonyl (C=O) groups excluding carboxylic acids is 1. The molecule has 2 fully saturated rings. The summed E-state index contributed by atoms with van der Waals surface area (Å²) in [6, 6.07) is 0. The Bertz CT molecular complexity index is 411. The molecule has 0 bridgehead atoms.